The van der Waals surface area contributed by atoms with Crippen LogP contribution in [0.4, 0.5) is 5.82 Å². The van der Waals surface area contributed by atoms with Crippen LogP contribution in [0.3, 0.4) is 0 Å². The van der Waals surface area contributed by atoms with Crippen molar-refractivity contribution in [3.63, 3.8) is 0 Å². The van der Waals surface area contributed by atoms with Crippen LogP contribution in [0, 0.1) is 6.92 Å². The van der Waals surface area contributed by atoms with E-state index in [4.69, 9.17) is 0 Å². The molecule has 180 valence electrons. The summed E-state index contributed by atoms with van der Waals surface area (Å²) in [6.07, 6.45) is 5.99. The maximum Gasteiger partial charge on any atom is 0.275 e. The number of pyridine rings is 2. The smallest absolute Gasteiger partial charge is 0.275 e. The third kappa shape index (κ3) is 5.41. The van der Waals surface area contributed by atoms with Crippen LogP contribution >= 0.6 is 0 Å². The minimum atomic E-state index is -0.312. The lowest BCUT2D eigenvalue weighted by molar-refractivity contribution is 0.0733. The highest BCUT2D eigenvalue weighted by Crippen LogP contribution is 2.32. The molecule has 1 N–H and O–H groups in total. The van der Waals surface area contributed by atoms with E-state index in [0.29, 0.717) is 23.6 Å². The molecule has 7 nitrogen and oxygen atoms in total. The van der Waals surface area contributed by atoms with Crippen molar-refractivity contribution >= 4 is 17.6 Å². The van der Waals surface area contributed by atoms with Gasteiger partial charge in [0.25, 0.3) is 11.8 Å². The molecule has 2 saturated heterocycles. The number of nitrogens with zero attached hydrogens (tertiary/aromatic N) is 4. The number of hydrogen-bond acceptors (Lipinski definition) is 5. The molecule has 35 heavy (non-hydrogen) atoms. The van der Waals surface area contributed by atoms with E-state index in [2.05, 4.69) is 32.3 Å². The number of aromatic nitrogens is 2. The van der Waals surface area contributed by atoms with Crippen LogP contribution in [0.2, 0.25) is 0 Å². The summed E-state index contributed by atoms with van der Waals surface area (Å²) in [4.78, 5) is 39.3. The first kappa shape index (κ1) is 23.2. The van der Waals surface area contributed by atoms with Crippen molar-refractivity contribution in [2.75, 3.05) is 25.0 Å². The summed E-state index contributed by atoms with van der Waals surface area (Å²) in [6, 6.07) is 17.0. The minimum absolute atomic E-state index is 0.0146. The fourth-order valence-electron chi connectivity index (χ4n) is 4.92. The third-order valence-electron chi connectivity index (χ3n) is 6.82. The predicted octanol–water partition coefficient (Wildman–Crippen LogP) is 4.61. The first-order valence-corrected chi connectivity index (χ1v) is 12.4. The SMILES string of the molecule is Cc1ccc(NC(=O)c2cccc([C@@H]3CCCN3C(=O)c3ccc(CN4CCCC4)cc3)n2)nc1. The number of rotatable bonds is 6. The quantitative estimate of drug-likeness (QED) is 0.570. The van der Waals surface area contributed by atoms with Gasteiger partial charge in [-0.15, -0.1) is 0 Å². The Balaban J connectivity index is 1.28. The molecule has 0 spiro atoms. The zero-order valence-electron chi connectivity index (χ0n) is 20.1. The average molecular weight is 470 g/mol. The van der Waals surface area contributed by atoms with Gasteiger partial charge in [-0.2, -0.15) is 0 Å². The van der Waals surface area contributed by atoms with Gasteiger partial charge in [0.2, 0.25) is 0 Å². The van der Waals surface area contributed by atoms with E-state index < -0.39 is 0 Å². The Kier molecular flexibility index (Phi) is 6.86. The highest BCUT2D eigenvalue weighted by atomic mass is 16.2. The van der Waals surface area contributed by atoms with Gasteiger partial charge in [0, 0.05) is 24.8 Å². The molecule has 0 unspecified atom stereocenters. The summed E-state index contributed by atoms with van der Waals surface area (Å²) in [5, 5.41) is 2.80. The molecule has 0 saturated carbocycles. The highest BCUT2D eigenvalue weighted by molar-refractivity contribution is 6.02. The van der Waals surface area contributed by atoms with Gasteiger partial charge >= 0.3 is 0 Å². The molecule has 4 heterocycles. The second-order valence-corrected chi connectivity index (χ2v) is 9.46. The van der Waals surface area contributed by atoms with Crippen molar-refractivity contribution in [2.45, 2.75) is 45.2 Å². The fraction of sp³-hybridized carbons (Fsp3) is 0.357. The molecular weight excluding hydrogens is 438 g/mol. The van der Waals surface area contributed by atoms with E-state index in [0.717, 1.165) is 43.7 Å². The summed E-state index contributed by atoms with van der Waals surface area (Å²) in [7, 11) is 0. The second-order valence-electron chi connectivity index (χ2n) is 9.46. The van der Waals surface area contributed by atoms with Crippen LogP contribution in [-0.2, 0) is 6.54 Å². The molecule has 2 amide bonds. The van der Waals surface area contributed by atoms with Crippen LogP contribution in [0.5, 0.6) is 0 Å². The van der Waals surface area contributed by atoms with Gasteiger partial charge in [0.1, 0.15) is 11.5 Å². The van der Waals surface area contributed by atoms with Crippen molar-refractivity contribution in [2.24, 2.45) is 0 Å². The Morgan fingerprint density at radius 3 is 2.51 bits per heavy atom. The van der Waals surface area contributed by atoms with Gasteiger partial charge in [-0.25, -0.2) is 9.97 Å². The Bertz CT molecular complexity index is 1190. The number of carbonyl (C=O) groups is 2. The van der Waals surface area contributed by atoms with Crippen LogP contribution in [-0.4, -0.2) is 51.2 Å². The molecule has 2 fully saturated rings. The van der Waals surface area contributed by atoms with E-state index in [1.165, 1.54) is 18.4 Å². The zero-order chi connectivity index (χ0) is 24.2. The lowest BCUT2D eigenvalue weighted by atomic mass is 10.1. The van der Waals surface area contributed by atoms with Gasteiger partial charge in [-0.05, 0) is 87.2 Å². The first-order chi connectivity index (χ1) is 17.1. The number of anilines is 1. The van der Waals surface area contributed by atoms with Crippen molar-refractivity contribution < 1.29 is 9.59 Å². The topological polar surface area (TPSA) is 78.4 Å². The average Bonchev–Trinajstić information content (AvgIpc) is 3.58. The number of likely N-dealkylation sites (tertiary alicyclic amines) is 2. The second kappa shape index (κ2) is 10.4. The van der Waals surface area contributed by atoms with E-state index in [1.54, 1.807) is 18.3 Å². The van der Waals surface area contributed by atoms with Gasteiger partial charge in [0.05, 0.1) is 11.7 Å². The van der Waals surface area contributed by atoms with Crippen LogP contribution in [0.1, 0.15) is 69.4 Å². The van der Waals surface area contributed by atoms with Crippen LogP contribution < -0.4 is 5.32 Å². The Morgan fingerprint density at radius 2 is 1.77 bits per heavy atom. The molecule has 2 aromatic heterocycles. The molecule has 1 atom stereocenters. The summed E-state index contributed by atoms with van der Waals surface area (Å²) < 4.78 is 0. The maximum atomic E-state index is 13.4. The number of hydrogen-bond donors (Lipinski definition) is 1. The van der Waals surface area contributed by atoms with Crippen LogP contribution in [0.25, 0.3) is 0 Å². The molecule has 3 aromatic rings. The van der Waals surface area contributed by atoms with E-state index in [1.807, 2.05) is 42.2 Å². The lowest BCUT2D eigenvalue weighted by Crippen LogP contribution is -2.31. The summed E-state index contributed by atoms with van der Waals surface area (Å²) in [5.41, 5.74) is 4.02. The molecule has 0 aliphatic carbocycles. The minimum Gasteiger partial charge on any atom is -0.330 e. The summed E-state index contributed by atoms with van der Waals surface area (Å²) in [5.74, 6) is 0.187. The van der Waals surface area contributed by atoms with Crippen LogP contribution in [0.15, 0.2) is 60.8 Å². The van der Waals surface area contributed by atoms with E-state index in [9.17, 15) is 9.59 Å². The van der Waals surface area contributed by atoms with Gasteiger partial charge in [0.15, 0.2) is 0 Å². The van der Waals surface area contributed by atoms with Crippen molar-refractivity contribution in [1.82, 2.24) is 19.8 Å². The van der Waals surface area contributed by atoms with Gasteiger partial charge in [-0.3, -0.25) is 14.5 Å². The number of nitrogens with one attached hydrogen (secondary N) is 1. The fourth-order valence-corrected chi connectivity index (χ4v) is 4.92. The summed E-state index contributed by atoms with van der Waals surface area (Å²) in [6.45, 7) is 5.88. The Morgan fingerprint density at radius 1 is 0.971 bits per heavy atom. The van der Waals surface area contributed by atoms with E-state index in [-0.39, 0.29) is 17.9 Å². The predicted molar refractivity (Wildman–Crippen MR) is 135 cm³/mol. The number of carbonyl (C=O) groups excluding carboxylic acids is 2. The van der Waals surface area contributed by atoms with E-state index >= 15 is 0 Å². The Labute approximate surface area is 206 Å². The normalized spacial score (nSPS) is 18.1. The molecular formula is C28H31N5O2. The maximum absolute atomic E-state index is 13.4. The van der Waals surface area contributed by atoms with Crippen molar-refractivity contribution in [3.05, 3.63) is 88.9 Å². The first-order valence-electron chi connectivity index (χ1n) is 12.4. The highest BCUT2D eigenvalue weighted by Gasteiger charge is 2.32. The largest absolute Gasteiger partial charge is 0.330 e. The van der Waals surface area contributed by atoms with Gasteiger partial charge in [-0.1, -0.05) is 24.3 Å². The molecule has 2 aliphatic heterocycles. The molecule has 2 aliphatic rings. The molecule has 5 rings (SSSR count). The number of amides is 2. The standard InChI is InChI=1S/C28H31N5O2/c1-20-9-14-26(29-18-20)31-27(34)24-7-4-6-23(30-24)25-8-5-17-33(25)28(35)22-12-10-21(11-13-22)19-32-15-2-3-16-32/h4,6-7,9-14,18,25H,2-3,5,8,15-17,19H2,1H3,(H,29,31,34)/t25-/m0/s1. The monoisotopic (exact) mass is 469 g/mol. The molecule has 0 bridgehead atoms. The number of aryl methyl sites for hydroxylation is 1. The van der Waals surface area contributed by atoms with Crippen molar-refractivity contribution in [3.8, 4) is 0 Å². The summed E-state index contributed by atoms with van der Waals surface area (Å²) >= 11 is 0. The molecule has 0 radical (unpaired) electrons. The Hall–Kier alpha value is -3.58. The molecule has 7 heteroatoms. The zero-order valence-corrected chi connectivity index (χ0v) is 20.1. The van der Waals surface area contributed by atoms with Crippen molar-refractivity contribution in [1.29, 1.82) is 0 Å². The third-order valence-corrected chi connectivity index (χ3v) is 6.82. The van der Waals surface area contributed by atoms with Gasteiger partial charge < -0.3 is 10.2 Å². The lowest BCUT2D eigenvalue weighted by Gasteiger charge is -2.25. The number of benzene rings is 1. The molecule has 1 aromatic carbocycles.